The van der Waals surface area contributed by atoms with Crippen molar-refractivity contribution in [3.63, 3.8) is 0 Å². The third-order valence-corrected chi connectivity index (χ3v) is 5.93. The first-order chi connectivity index (χ1) is 13.1. The van der Waals surface area contributed by atoms with E-state index in [2.05, 4.69) is 25.1 Å². The topological polar surface area (TPSA) is 109 Å². The fourth-order valence-electron chi connectivity index (χ4n) is 4.52. The molecule has 6 nitrogen and oxygen atoms in total. The predicted octanol–water partition coefficient (Wildman–Crippen LogP) is 1.45. The van der Waals surface area contributed by atoms with Crippen LogP contribution in [0.15, 0.2) is 35.9 Å². The number of methoxy groups -OCH3 is 1. The van der Waals surface area contributed by atoms with E-state index in [4.69, 9.17) is 10.1 Å². The Kier molecular flexibility index (Phi) is 5.00. The number of nitrogens with zero attached hydrogens (tertiary/aromatic N) is 3. The van der Waals surface area contributed by atoms with Crippen LogP contribution in [0.1, 0.15) is 18.4 Å². The molecule has 2 unspecified atom stereocenters. The fourth-order valence-corrected chi connectivity index (χ4v) is 4.52. The van der Waals surface area contributed by atoms with Crippen molar-refractivity contribution in [2.24, 2.45) is 17.3 Å². The van der Waals surface area contributed by atoms with Gasteiger partial charge in [0.15, 0.2) is 5.41 Å². The molecule has 4 atom stereocenters. The van der Waals surface area contributed by atoms with E-state index < -0.39 is 17.3 Å². The molecular formula is C21H22N5O+. The summed E-state index contributed by atoms with van der Waals surface area (Å²) in [6, 6.07) is 13.8. The molecule has 2 N–H and O–H groups in total. The van der Waals surface area contributed by atoms with Crippen LogP contribution in [0.2, 0.25) is 0 Å². The monoisotopic (exact) mass is 360 g/mol. The first-order valence-corrected chi connectivity index (χ1v) is 9.05. The van der Waals surface area contributed by atoms with Gasteiger partial charge in [-0.05, 0) is 24.6 Å². The molecule has 0 amide bonds. The Morgan fingerprint density at radius 3 is 2.56 bits per heavy atom. The number of nitriles is 3. The van der Waals surface area contributed by atoms with Crippen molar-refractivity contribution in [2.45, 2.75) is 12.8 Å². The standard InChI is InChI=1S/C21H21N5O/c1-3-26-9-8-14-16(10-22)20(25)21(12-23,13-24)19(17(14)11-26)15-6-4-5-7-18(15)27-2/h4-8,16-17,19,25H,3,9,11H2,1-2H3/p+1/t16?,17-,19+/m0/s1. The number of hydrogen-bond donors (Lipinski definition) is 2. The molecule has 0 saturated heterocycles. The van der Waals surface area contributed by atoms with Crippen LogP contribution in [-0.4, -0.2) is 32.5 Å². The Labute approximate surface area is 159 Å². The lowest BCUT2D eigenvalue weighted by Crippen LogP contribution is -3.13. The average molecular weight is 360 g/mol. The first-order valence-electron chi connectivity index (χ1n) is 9.05. The van der Waals surface area contributed by atoms with E-state index in [0.29, 0.717) is 5.75 Å². The summed E-state index contributed by atoms with van der Waals surface area (Å²) in [5.41, 5.74) is -0.185. The van der Waals surface area contributed by atoms with Gasteiger partial charge in [-0.2, -0.15) is 15.8 Å². The second kappa shape index (κ2) is 7.23. The van der Waals surface area contributed by atoms with Gasteiger partial charge in [0.2, 0.25) is 0 Å². The average Bonchev–Trinajstić information content (AvgIpc) is 2.72. The molecule has 6 heteroatoms. The number of hydrogen-bond acceptors (Lipinski definition) is 5. The van der Waals surface area contributed by atoms with Crippen molar-refractivity contribution < 1.29 is 9.64 Å². The van der Waals surface area contributed by atoms with Gasteiger partial charge in [-0.1, -0.05) is 18.2 Å². The van der Waals surface area contributed by atoms with E-state index in [1.165, 1.54) is 4.90 Å². The van der Waals surface area contributed by atoms with Gasteiger partial charge in [0, 0.05) is 17.4 Å². The lowest BCUT2D eigenvalue weighted by Gasteiger charge is -2.46. The number of para-hydroxylation sites is 1. The Morgan fingerprint density at radius 1 is 1.26 bits per heavy atom. The van der Waals surface area contributed by atoms with Gasteiger partial charge in [0.05, 0.1) is 50.7 Å². The number of nitrogens with one attached hydrogen (secondary N) is 2. The van der Waals surface area contributed by atoms with Crippen molar-refractivity contribution in [2.75, 3.05) is 26.7 Å². The molecule has 0 radical (unpaired) electrons. The van der Waals surface area contributed by atoms with Crippen molar-refractivity contribution in [3.8, 4) is 24.0 Å². The molecular weight excluding hydrogens is 338 g/mol. The van der Waals surface area contributed by atoms with Crippen LogP contribution in [0, 0.1) is 56.7 Å². The molecule has 1 aliphatic heterocycles. The molecule has 0 aromatic heterocycles. The first kappa shape index (κ1) is 18.6. The van der Waals surface area contributed by atoms with E-state index >= 15 is 0 Å². The Hall–Kier alpha value is -3.14. The van der Waals surface area contributed by atoms with Crippen LogP contribution >= 0.6 is 0 Å². The molecule has 0 bridgehead atoms. The number of rotatable bonds is 3. The zero-order chi connectivity index (χ0) is 19.6. The molecule has 0 spiro atoms. The SMILES string of the molecule is CC[NH+]1CC=C2C(C#N)C(=N)C(C#N)(C#N)[C@H](c3ccccc3OC)[C@H]2C1. The second-order valence-corrected chi connectivity index (χ2v) is 7.05. The number of benzene rings is 1. The molecule has 2 aliphatic rings. The Bertz CT molecular complexity index is 900. The molecule has 136 valence electrons. The largest absolute Gasteiger partial charge is 0.496 e. The highest BCUT2D eigenvalue weighted by Crippen LogP contribution is 2.53. The van der Waals surface area contributed by atoms with E-state index in [-0.39, 0.29) is 11.6 Å². The van der Waals surface area contributed by atoms with Gasteiger partial charge in [-0.3, -0.25) is 0 Å². The lowest BCUT2D eigenvalue weighted by atomic mass is 9.54. The Morgan fingerprint density at radius 2 is 1.96 bits per heavy atom. The highest BCUT2D eigenvalue weighted by Gasteiger charge is 2.59. The highest BCUT2D eigenvalue weighted by molar-refractivity contribution is 6.00. The van der Waals surface area contributed by atoms with E-state index in [1.54, 1.807) is 7.11 Å². The maximum absolute atomic E-state index is 10.0. The zero-order valence-corrected chi connectivity index (χ0v) is 15.5. The maximum atomic E-state index is 10.0. The summed E-state index contributed by atoms with van der Waals surface area (Å²) in [4.78, 5) is 1.33. The minimum Gasteiger partial charge on any atom is -0.496 e. The summed E-state index contributed by atoms with van der Waals surface area (Å²) in [7, 11) is 1.56. The van der Waals surface area contributed by atoms with Gasteiger partial charge in [-0.15, -0.1) is 0 Å². The Balaban J connectivity index is 2.29. The molecule has 3 rings (SSSR count). The summed E-state index contributed by atoms with van der Waals surface area (Å²) in [6.45, 7) is 4.53. The minimum atomic E-state index is -1.69. The zero-order valence-electron chi connectivity index (χ0n) is 15.5. The smallest absolute Gasteiger partial charge is 0.190 e. The minimum absolute atomic E-state index is 0.117. The van der Waals surface area contributed by atoms with Gasteiger partial charge in [-0.25, -0.2) is 0 Å². The number of ether oxygens (including phenoxy) is 1. The van der Waals surface area contributed by atoms with Gasteiger partial charge in [0.25, 0.3) is 0 Å². The predicted molar refractivity (Wildman–Crippen MR) is 99.0 cm³/mol. The highest BCUT2D eigenvalue weighted by atomic mass is 16.5. The summed E-state index contributed by atoms with van der Waals surface area (Å²) < 4.78 is 5.52. The van der Waals surface area contributed by atoms with E-state index in [9.17, 15) is 15.8 Å². The van der Waals surface area contributed by atoms with Crippen LogP contribution in [0.3, 0.4) is 0 Å². The molecule has 1 aromatic rings. The van der Waals surface area contributed by atoms with Gasteiger partial charge >= 0.3 is 0 Å². The quantitative estimate of drug-likeness (QED) is 0.795. The van der Waals surface area contributed by atoms with E-state index in [1.807, 2.05) is 30.3 Å². The maximum Gasteiger partial charge on any atom is 0.190 e. The van der Waals surface area contributed by atoms with Crippen LogP contribution < -0.4 is 9.64 Å². The molecule has 1 fully saturated rings. The van der Waals surface area contributed by atoms with Crippen LogP contribution in [0.25, 0.3) is 0 Å². The fraction of sp³-hybridized carbons (Fsp3) is 0.429. The molecule has 27 heavy (non-hydrogen) atoms. The van der Waals surface area contributed by atoms with E-state index in [0.717, 1.165) is 30.8 Å². The lowest BCUT2D eigenvalue weighted by molar-refractivity contribution is -0.897. The van der Waals surface area contributed by atoms with Crippen LogP contribution in [0.4, 0.5) is 0 Å². The van der Waals surface area contributed by atoms with Crippen molar-refractivity contribution >= 4 is 5.71 Å². The summed E-state index contributed by atoms with van der Waals surface area (Å²) in [5, 5.41) is 38.4. The molecule has 1 heterocycles. The van der Waals surface area contributed by atoms with Crippen LogP contribution in [0.5, 0.6) is 5.75 Å². The normalized spacial score (nSPS) is 28.7. The summed E-state index contributed by atoms with van der Waals surface area (Å²) in [6.07, 6.45) is 2.04. The van der Waals surface area contributed by atoms with Gasteiger partial charge in [0.1, 0.15) is 11.7 Å². The molecule has 1 saturated carbocycles. The summed E-state index contributed by atoms with van der Waals surface area (Å²) >= 11 is 0. The van der Waals surface area contributed by atoms with Crippen molar-refractivity contribution in [1.82, 2.24) is 0 Å². The van der Waals surface area contributed by atoms with Crippen molar-refractivity contribution in [3.05, 3.63) is 41.5 Å². The third kappa shape index (κ3) is 2.69. The number of fused-ring (bicyclic) bond motifs is 1. The molecule has 1 aliphatic carbocycles. The summed E-state index contributed by atoms with van der Waals surface area (Å²) in [5.74, 6) is -0.931. The number of likely N-dealkylation sites (N-methyl/N-ethyl adjacent to an activating group) is 1. The molecule has 1 aromatic carbocycles. The van der Waals surface area contributed by atoms with Gasteiger partial charge < -0.3 is 15.0 Å². The second-order valence-electron chi connectivity index (χ2n) is 7.05. The third-order valence-electron chi connectivity index (χ3n) is 5.93. The van der Waals surface area contributed by atoms with Crippen molar-refractivity contribution in [1.29, 1.82) is 21.2 Å². The van der Waals surface area contributed by atoms with Crippen LogP contribution in [-0.2, 0) is 0 Å². The number of quaternary nitrogens is 1.